The molecule has 0 radical (unpaired) electrons. The van der Waals surface area contributed by atoms with Crippen LogP contribution >= 0.6 is 0 Å². The zero-order valence-corrected chi connectivity index (χ0v) is 8.93. The lowest BCUT2D eigenvalue weighted by Gasteiger charge is -2.33. The van der Waals surface area contributed by atoms with Crippen LogP contribution in [0.2, 0.25) is 0 Å². The molecule has 4 heteroatoms. The molecular formula is C12H12F2O2. The van der Waals surface area contributed by atoms with Crippen LogP contribution < -0.4 is 0 Å². The summed E-state index contributed by atoms with van der Waals surface area (Å²) in [6, 6.07) is 3.19. The van der Waals surface area contributed by atoms with Crippen LogP contribution in [0, 0.1) is 11.6 Å². The molecule has 0 amide bonds. The van der Waals surface area contributed by atoms with Crippen LogP contribution in [0.15, 0.2) is 18.2 Å². The molecule has 2 nitrogen and oxygen atoms in total. The van der Waals surface area contributed by atoms with Crippen molar-refractivity contribution >= 4 is 5.78 Å². The van der Waals surface area contributed by atoms with Gasteiger partial charge in [-0.2, -0.15) is 0 Å². The van der Waals surface area contributed by atoms with Gasteiger partial charge in [-0.25, -0.2) is 8.78 Å². The highest BCUT2D eigenvalue weighted by Crippen LogP contribution is 2.34. The Morgan fingerprint density at radius 1 is 1.38 bits per heavy atom. The third kappa shape index (κ3) is 1.97. The number of benzene rings is 1. The molecule has 0 N–H and O–H groups in total. The second kappa shape index (κ2) is 3.94. The summed E-state index contributed by atoms with van der Waals surface area (Å²) >= 11 is 0. The Kier molecular flexibility index (Phi) is 2.76. The molecule has 1 saturated heterocycles. The summed E-state index contributed by atoms with van der Waals surface area (Å²) in [6.45, 7) is 1.87. The molecule has 1 aromatic carbocycles. The summed E-state index contributed by atoms with van der Waals surface area (Å²) < 4.78 is 32.1. The summed E-state index contributed by atoms with van der Waals surface area (Å²) in [7, 11) is 0. The summed E-state index contributed by atoms with van der Waals surface area (Å²) in [6.07, 6.45) is 0.430. The van der Waals surface area contributed by atoms with E-state index >= 15 is 0 Å². The molecular weight excluding hydrogens is 214 g/mol. The number of ether oxygens (including phenoxy) is 1. The van der Waals surface area contributed by atoms with E-state index in [1.165, 1.54) is 0 Å². The fourth-order valence-electron chi connectivity index (χ4n) is 1.98. The van der Waals surface area contributed by atoms with E-state index in [1.54, 1.807) is 6.92 Å². The number of rotatable bonds is 1. The molecule has 0 spiro atoms. The van der Waals surface area contributed by atoms with Crippen molar-refractivity contribution in [2.24, 2.45) is 0 Å². The molecule has 2 rings (SSSR count). The van der Waals surface area contributed by atoms with Gasteiger partial charge in [0, 0.05) is 18.4 Å². The molecule has 1 unspecified atom stereocenters. The van der Waals surface area contributed by atoms with Crippen LogP contribution in [0.4, 0.5) is 8.78 Å². The highest BCUT2D eigenvalue weighted by Gasteiger charge is 2.36. The van der Waals surface area contributed by atoms with E-state index in [4.69, 9.17) is 4.74 Å². The third-order valence-corrected chi connectivity index (χ3v) is 2.83. The number of carbonyl (C=O) groups is 1. The first-order chi connectivity index (χ1) is 7.51. The standard InChI is InChI=1S/C12H12F2O2/c1-12(7-9(15)4-5-16-12)10-6-8(13)2-3-11(10)14/h2-3,6H,4-5,7H2,1H3. The first kappa shape index (κ1) is 11.2. The second-order valence-corrected chi connectivity index (χ2v) is 4.17. The van der Waals surface area contributed by atoms with Gasteiger partial charge in [0.05, 0.1) is 6.61 Å². The molecule has 0 aromatic heterocycles. The zero-order chi connectivity index (χ0) is 11.8. The van der Waals surface area contributed by atoms with Crippen molar-refractivity contribution < 1.29 is 18.3 Å². The van der Waals surface area contributed by atoms with E-state index in [0.717, 1.165) is 18.2 Å². The van der Waals surface area contributed by atoms with E-state index in [9.17, 15) is 13.6 Å². The van der Waals surface area contributed by atoms with E-state index in [2.05, 4.69) is 0 Å². The smallest absolute Gasteiger partial charge is 0.138 e. The molecule has 1 heterocycles. The van der Waals surface area contributed by atoms with E-state index in [1.807, 2.05) is 0 Å². The van der Waals surface area contributed by atoms with Gasteiger partial charge in [-0.1, -0.05) is 0 Å². The Labute approximate surface area is 92.2 Å². The first-order valence-corrected chi connectivity index (χ1v) is 5.12. The van der Waals surface area contributed by atoms with Crippen molar-refractivity contribution in [3.05, 3.63) is 35.4 Å². The van der Waals surface area contributed by atoms with Crippen LogP contribution in [0.25, 0.3) is 0 Å². The van der Waals surface area contributed by atoms with Crippen molar-refractivity contribution in [1.82, 2.24) is 0 Å². The van der Waals surface area contributed by atoms with E-state index < -0.39 is 17.2 Å². The SMILES string of the molecule is CC1(c2cc(F)ccc2F)CC(=O)CCO1. The lowest BCUT2D eigenvalue weighted by atomic mass is 9.87. The van der Waals surface area contributed by atoms with Crippen LogP contribution in [-0.4, -0.2) is 12.4 Å². The Morgan fingerprint density at radius 3 is 2.81 bits per heavy atom. The quantitative estimate of drug-likeness (QED) is 0.735. The molecule has 0 saturated carbocycles. The van der Waals surface area contributed by atoms with Crippen molar-refractivity contribution in [2.75, 3.05) is 6.61 Å². The molecule has 1 aromatic rings. The van der Waals surface area contributed by atoms with Gasteiger partial charge in [0.2, 0.25) is 0 Å². The highest BCUT2D eigenvalue weighted by molar-refractivity contribution is 5.80. The average molecular weight is 226 g/mol. The predicted octanol–water partition coefficient (Wildman–Crippen LogP) is 2.56. The summed E-state index contributed by atoms with van der Waals surface area (Å²) in [4.78, 5) is 11.4. The number of ketones is 1. The number of Topliss-reactive ketones (excluding diaryl/α,β-unsaturated/α-hetero) is 1. The number of halogens is 2. The molecule has 1 atom stereocenters. The molecule has 1 fully saturated rings. The summed E-state index contributed by atoms with van der Waals surface area (Å²) in [5.41, 5.74) is -0.929. The summed E-state index contributed by atoms with van der Waals surface area (Å²) in [5, 5.41) is 0. The highest BCUT2D eigenvalue weighted by atomic mass is 19.1. The summed E-state index contributed by atoms with van der Waals surface area (Å²) in [5.74, 6) is -1.06. The molecule has 16 heavy (non-hydrogen) atoms. The number of hydrogen-bond donors (Lipinski definition) is 0. The maximum Gasteiger partial charge on any atom is 0.138 e. The Hall–Kier alpha value is -1.29. The molecule has 1 aliphatic heterocycles. The molecule has 86 valence electrons. The Morgan fingerprint density at radius 2 is 2.12 bits per heavy atom. The maximum atomic E-state index is 13.6. The van der Waals surface area contributed by atoms with Gasteiger partial charge in [-0.15, -0.1) is 0 Å². The Bertz CT molecular complexity index is 431. The Balaban J connectivity index is 2.41. The van der Waals surface area contributed by atoms with E-state index in [-0.39, 0.29) is 24.4 Å². The second-order valence-electron chi connectivity index (χ2n) is 4.17. The number of carbonyl (C=O) groups excluding carboxylic acids is 1. The van der Waals surface area contributed by atoms with Crippen molar-refractivity contribution in [1.29, 1.82) is 0 Å². The van der Waals surface area contributed by atoms with Gasteiger partial charge < -0.3 is 4.74 Å². The minimum Gasteiger partial charge on any atom is -0.370 e. The molecule has 1 aliphatic rings. The number of hydrogen-bond acceptors (Lipinski definition) is 2. The lowest BCUT2D eigenvalue weighted by Crippen LogP contribution is -2.35. The van der Waals surface area contributed by atoms with Gasteiger partial charge in [-0.05, 0) is 25.1 Å². The molecule has 0 aliphatic carbocycles. The van der Waals surface area contributed by atoms with Gasteiger partial charge in [0.15, 0.2) is 0 Å². The van der Waals surface area contributed by atoms with Crippen LogP contribution in [0.3, 0.4) is 0 Å². The monoisotopic (exact) mass is 226 g/mol. The lowest BCUT2D eigenvalue weighted by molar-refractivity contribution is -0.139. The van der Waals surface area contributed by atoms with Gasteiger partial charge in [-0.3, -0.25) is 4.79 Å². The topological polar surface area (TPSA) is 26.3 Å². The molecule has 0 bridgehead atoms. The van der Waals surface area contributed by atoms with Crippen LogP contribution in [0.1, 0.15) is 25.3 Å². The minimum atomic E-state index is -1.04. The fraction of sp³-hybridized carbons (Fsp3) is 0.417. The maximum absolute atomic E-state index is 13.6. The van der Waals surface area contributed by atoms with Crippen LogP contribution in [0.5, 0.6) is 0 Å². The van der Waals surface area contributed by atoms with Crippen molar-refractivity contribution in [2.45, 2.75) is 25.4 Å². The van der Waals surface area contributed by atoms with Crippen molar-refractivity contribution in [3.8, 4) is 0 Å². The third-order valence-electron chi connectivity index (χ3n) is 2.83. The van der Waals surface area contributed by atoms with Crippen molar-refractivity contribution in [3.63, 3.8) is 0 Å². The van der Waals surface area contributed by atoms with Crippen LogP contribution in [-0.2, 0) is 15.1 Å². The average Bonchev–Trinajstić information content (AvgIpc) is 2.21. The van der Waals surface area contributed by atoms with Gasteiger partial charge in [0.25, 0.3) is 0 Å². The minimum absolute atomic E-state index is 0.0115. The largest absolute Gasteiger partial charge is 0.370 e. The normalized spacial score (nSPS) is 25.8. The van der Waals surface area contributed by atoms with E-state index in [0.29, 0.717) is 6.42 Å². The first-order valence-electron chi connectivity index (χ1n) is 5.12. The zero-order valence-electron chi connectivity index (χ0n) is 8.93. The van der Waals surface area contributed by atoms with Gasteiger partial charge >= 0.3 is 0 Å². The van der Waals surface area contributed by atoms with Gasteiger partial charge in [0.1, 0.15) is 23.0 Å². The fourth-order valence-corrected chi connectivity index (χ4v) is 1.98. The predicted molar refractivity (Wildman–Crippen MR) is 53.9 cm³/mol.